The van der Waals surface area contributed by atoms with Crippen LogP contribution in [-0.2, 0) is 6.42 Å². The summed E-state index contributed by atoms with van der Waals surface area (Å²) in [5.41, 5.74) is 7.26. The third kappa shape index (κ3) is 3.74. The third-order valence-corrected chi connectivity index (χ3v) is 7.27. The Kier molecular flexibility index (Phi) is 5.28. The number of benzene rings is 2. The molecule has 160 valence electrons. The fourth-order valence-electron chi connectivity index (χ4n) is 4.56. The molecule has 0 unspecified atom stereocenters. The molecular weight excluding hydrogens is 412 g/mol. The zero-order chi connectivity index (χ0) is 21.4. The summed E-state index contributed by atoms with van der Waals surface area (Å²) in [6.07, 6.45) is 3.56. The number of ether oxygens (including phenoxy) is 2. The maximum absolute atomic E-state index is 13.4. The van der Waals surface area contributed by atoms with E-state index in [2.05, 4.69) is 0 Å². The van der Waals surface area contributed by atoms with Gasteiger partial charge in [0.2, 0.25) is 0 Å². The fourth-order valence-corrected chi connectivity index (χ4v) is 5.64. The predicted molar refractivity (Wildman–Crippen MR) is 120 cm³/mol. The molecule has 2 N–H and O–H groups in total. The quantitative estimate of drug-likeness (QED) is 0.670. The van der Waals surface area contributed by atoms with Gasteiger partial charge in [-0.25, -0.2) is 0 Å². The van der Waals surface area contributed by atoms with Crippen molar-refractivity contribution in [1.29, 1.82) is 0 Å². The second kappa shape index (κ2) is 8.23. The van der Waals surface area contributed by atoms with Gasteiger partial charge in [0.15, 0.2) is 11.5 Å². The van der Waals surface area contributed by atoms with Gasteiger partial charge in [0.05, 0.1) is 4.88 Å². The molecule has 6 nitrogen and oxygen atoms in total. The van der Waals surface area contributed by atoms with Gasteiger partial charge in [0, 0.05) is 22.8 Å². The topological polar surface area (TPSA) is 81.9 Å². The molecule has 2 aliphatic rings. The maximum atomic E-state index is 13.4. The number of amides is 2. The lowest BCUT2D eigenvalue weighted by atomic mass is 9.93. The van der Waals surface area contributed by atoms with E-state index >= 15 is 0 Å². The molecule has 1 saturated heterocycles. The van der Waals surface area contributed by atoms with Gasteiger partial charge in [0.25, 0.3) is 11.8 Å². The monoisotopic (exact) mass is 436 g/mol. The Labute approximate surface area is 184 Å². The van der Waals surface area contributed by atoms with E-state index in [1.165, 1.54) is 11.3 Å². The van der Waals surface area contributed by atoms with Crippen LogP contribution in [-0.4, -0.2) is 42.5 Å². The van der Waals surface area contributed by atoms with Crippen LogP contribution in [0.25, 0.3) is 10.1 Å². The van der Waals surface area contributed by atoms with Crippen molar-refractivity contribution in [2.45, 2.75) is 31.7 Å². The molecule has 2 aromatic carbocycles. The van der Waals surface area contributed by atoms with Gasteiger partial charge < -0.3 is 20.1 Å². The third-order valence-electron chi connectivity index (χ3n) is 6.04. The highest BCUT2D eigenvalue weighted by Crippen LogP contribution is 2.35. The number of hydrogen-bond donors (Lipinski definition) is 1. The van der Waals surface area contributed by atoms with Crippen LogP contribution in [0.1, 0.15) is 44.9 Å². The Bertz CT molecular complexity index is 1160. The largest absolute Gasteiger partial charge is 0.486 e. The van der Waals surface area contributed by atoms with Gasteiger partial charge in [-0.2, -0.15) is 0 Å². The number of carbonyl (C=O) groups excluding carboxylic acids is 2. The molecule has 0 spiro atoms. The van der Waals surface area contributed by atoms with Crippen LogP contribution in [0, 0.1) is 0 Å². The second-order valence-electron chi connectivity index (χ2n) is 7.98. The summed E-state index contributed by atoms with van der Waals surface area (Å²) in [5.74, 6) is 0.873. The van der Waals surface area contributed by atoms with Crippen LogP contribution >= 0.6 is 11.3 Å². The predicted octanol–water partition coefficient (Wildman–Crippen LogP) is 4.01. The average molecular weight is 437 g/mol. The van der Waals surface area contributed by atoms with Crippen molar-refractivity contribution in [1.82, 2.24) is 4.90 Å². The zero-order valence-electron chi connectivity index (χ0n) is 17.1. The molecule has 0 radical (unpaired) electrons. The van der Waals surface area contributed by atoms with E-state index in [4.69, 9.17) is 15.2 Å². The van der Waals surface area contributed by atoms with Crippen LogP contribution in [0.5, 0.6) is 11.5 Å². The Morgan fingerprint density at radius 2 is 1.87 bits per heavy atom. The van der Waals surface area contributed by atoms with E-state index in [9.17, 15) is 9.59 Å². The molecule has 1 fully saturated rings. The summed E-state index contributed by atoms with van der Waals surface area (Å²) in [4.78, 5) is 28.1. The summed E-state index contributed by atoms with van der Waals surface area (Å²) in [7, 11) is 0. The van der Waals surface area contributed by atoms with E-state index in [1.54, 1.807) is 18.2 Å². The Morgan fingerprint density at radius 3 is 2.71 bits per heavy atom. The van der Waals surface area contributed by atoms with Gasteiger partial charge in [-0.3, -0.25) is 9.59 Å². The van der Waals surface area contributed by atoms with Crippen molar-refractivity contribution in [3.8, 4) is 11.5 Å². The first-order chi connectivity index (χ1) is 15.1. The summed E-state index contributed by atoms with van der Waals surface area (Å²) in [5, 5.41) is 1.05. The van der Waals surface area contributed by atoms with E-state index in [0.717, 1.165) is 34.9 Å². The molecule has 0 saturated carbocycles. The van der Waals surface area contributed by atoms with Crippen LogP contribution in [0.15, 0.2) is 42.5 Å². The molecule has 5 rings (SSSR count). The molecule has 1 aromatic heterocycles. The number of primary amides is 1. The summed E-state index contributed by atoms with van der Waals surface area (Å²) in [6, 6.07) is 13.4. The maximum Gasteiger partial charge on any atom is 0.259 e. The molecule has 0 bridgehead atoms. The number of piperidine rings is 1. The standard InChI is InChI=1S/C24H24N2O4S/c25-23(27)22-18(17-6-1-2-7-21(17)31-22)14-16-5-3-4-10-26(16)24(28)15-8-9-19-20(13-15)30-12-11-29-19/h1-2,6-9,13,16H,3-5,10-12,14H2,(H2,25,27)/t16-/m0/s1. The minimum Gasteiger partial charge on any atom is -0.486 e. The van der Waals surface area contributed by atoms with E-state index in [0.29, 0.717) is 48.1 Å². The summed E-state index contributed by atoms with van der Waals surface area (Å²) >= 11 is 1.43. The lowest BCUT2D eigenvalue weighted by Gasteiger charge is -2.36. The first-order valence-electron chi connectivity index (χ1n) is 10.6. The average Bonchev–Trinajstić information content (AvgIpc) is 3.17. The Morgan fingerprint density at radius 1 is 1.06 bits per heavy atom. The number of hydrogen-bond acceptors (Lipinski definition) is 5. The first kappa shape index (κ1) is 19.9. The van der Waals surface area contributed by atoms with Crippen molar-refractivity contribution in [3.63, 3.8) is 0 Å². The molecule has 31 heavy (non-hydrogen) atoms. The normalized spacial score (nSPS) is 18.2. The number of fused-ring (bicyclic) bond motifs is 2. The SMILES string of the molecule is NC(=O)c1sc2ccccc2c1C[C@@H]1CCCCN1C(=O)c1ccc2c(c1)OCCO2. The Hall–Kier alpha value is -3.06. The molecule has 1 atom stereocenters. The summed E-state index contributed by atoms with van der Waals surface area (Å²) < 4.78 is 12.3. The van der Waals surface area contributed by atoms with Crippen LogP contribution in [0.4, 0.5) is 0 Å². The smallest absolute Gasteiger partial charge is 0.259 e. The molecule has 2 amide bonds. The highest BCUT2D eigenvalue weighted by Gasteiger charge is 2.30. The zero-order valence-corrected chi connectivity index (χ0v) is 18.0. The highest BCUT2D eigenvalue weighted by atomic mass is 32.1. The van der Waals surface area contributed by atoms with E-state index in [1.807, 2.05) is 29.2 Å². The van der Waals surface area contributed by atoms with Gasteiger partial charge in [-0.1, -0.05) is 18.2 Å². The van der Waals surface area contributed by atoms with Crippen molar-refractivity contribution < 1.29 is 19.1 Å². The van der Waals surface area contributed by atoms with E-state index < -0.39 is 5.91 Å². The van der Waals surface area contributed by atoms with Crippen molar-refractivity contribution in [3.05, 3.63) is 58.5 Å². The number of nitrogens with two attached hydrogens (primary N) is 1. The fraction of sp³-hybridized carbons (Fsp3) is 0.333. The minimum absolute atomic E-state index is 0.0122. The highest BCUT2D eigenvalue weighted by molar-refractivity contribution is 7.21. The summed E-state index contributed by atoms with van der Waals surface area (Å²) in [6.45, 7) is 1.70. The minimum atomic E-state index is -0.406. The second-order valence-corrected chi connectivity index (χ2v) is 9.03. The molecule has 3 aromatic rings. The van der Waals surface area contributed by atoms with Crippen molar-refractivity contribution in [2.75, 3.05) is 19.8 Å². The van der Waals surface area contributed by atoms with Crippen molar-refractivity contribution in [2.24, 2.45) is 5.73 Å². The van der Waals surface area contributed by atoms with E-state index in [-0.39, 0.29) is 11.9 Å². The van der Waals surface area contributed by atoms with Crippen LogP contribution in [0.2, 0.25) is 0 Å². The molecule has 7 heteroatoms. The van der Waals surface area contributed by atoms with Crippen LogP contribution < -0.4 is 15.2 Å². The molecular formula is C24H24N2O4S. The number of nitrogens with zero attached hydrogens (tertiary/aromatic N) is 1. The number of thiophene rings is 1. The van der Waals surface area contributed by atoms with Crippen LogP contribution in [0.3, 0.4) is 0 Å². The lowest BCUT2D eigenvalue weighted by Crippen LogP contribution is -2.45. The molecule has 0 aliphatic carbocycles. The number of rotatable bonds is 4. The lowest BCUT2D eigenvalue weighted by molar-refractivity contribution is 0.0613. The molecule has 3 heterocycles. The van der Waals surface area contributed by atoms with Gasteiger partial charge >= 0.3 is 0 Å². The Balaban J connectivity index is 1.45. The van der Waals surface area contributed by atoms with Gasteiger partial charge in [-0.05, 0) is 60.9 Å². The number of likely N-dealkylation sites (tertiary alicyclic amines) is 1. The van der Waals surface area contributed by atoms with Gasteiger partial charge in [-0.15, -0.1) is 11.3 Å². The molecule has 2 aliphatic heterocycles. The van der Waals surface area contributed by atoms with Crippen molar-refractivity contribution >= 4 is 33.2 Å². The van der Waals surface area contributed by atoms with Gasteiger partial charge in [0.1, 0.15) is 13.2 Å². The number of carbonyl (C=O) groups is 2. The first-order valence-corrected chi connectivity index (χ1v) is 11.4.